The fourth-order valence-corrected chi connectivity index (χ4v) is 3.48. The summed E-state index contributed by atoms with van der Waals surface area (Å²) in [6, 6.07) is 8.02. The van der Waals surface area contributed by atoms with Gasteiger partial charge in [-0.25, -0.2) is 0 Å². The minimum absolute atomic E-state index is 0.0310. The Labute approximate surface area is 126 Å². The van der Waals surface area contributed by atoms with Gasteiger partial charge in [0.25, 0.3) is 0 Å². The molecular formula is C17H24N2O2. The Morgan fingerprint density at radius 2 is 2.24 bits per heavy atom. The highest BCUT2D eigenvalue weighted by molar-refractivity contribution is 5.80. The van der Waals surface area contributed by atoms with Crippen LogP contribution < -0.4 is 10.5 Å². The van der Waals surface area contributed by atoms with Gasteiger partial charge in [-0.15, -0.1) is 0 Å². The van der Waals surface area contributed by atoms with Crippen molar-refractivity contribution in [2.75, 3.05) is 26.2 Å². The highest BCUT2D eigenvalue weighted by atomic mass is 16.5. The Morgan fingerprint density at radius 1 is 1.38 bits per heavy atom. The largest absolute Gasteiger partial charge is 0.492 e. The second-order valence-corrected chi connectivity index (χ2v) is 6.19. The number of nitrogens with zero attached hydrogens (tertiary/aromatic N) is 1. The third-order valence-corrected chi connectivity index (χ3v) is 4.63. The van der Waals surface area contributed by atoms with Crippen molar-refractivity contribution in [3.05, 3.63) is 29.8 Å². The van der Waals surface area contributed by atoms with Gasteiger partial charge in [0.05, 0.1) is 5.92 Å². The van der Waals surface area contributed by atoms with E-state index in [1.54, 1.807) is 0 Å². The molecule has 2 atom stereocenters. The molecular weight excluding hydrogens is 264 g/mol. The summed E-state index contributed by atoms with van der Waals surface area (Å²) in [6.45, 7) is 2.98. The van der Waals surface area contributed by atoms with Crippen molar-refractivity contribution < 1.29 is 9.53 Å². The van der Waals surface area contributed by atoms with E-state index in [2.05, 4.69) is 6.07 Å². The molecule has 1 saturated heterocycles. The number of carbonyl (C=O) groups is 1. The molecule has 2 unspecified atom stereocenters. The predicted molar refractivity (Wildman–Crippen MR) is 82.1 cm³/mol. The van der Waals surface area contributed by atoms with Gasteiger partial charge in [-0.3, -0.25) is 4.79 Å². The second-order valence-electron chi connectivity index (χ2n) is 6.19. The van der Waals surface area contributed by atoms with Crippen LogP contribution in [0.2, 0.25) is 0 Å². The Morgan fingerprint density at radius 3 is 3.10 bits per heavy atom. The van der Waals surface area contributed by atoms with Crippen LogP contribution in [-0.4, -0.2) is 37.0 Å². The van der Waals surface area contributed by atoms with Gasteiger partial charge in [0, 0.05) is 13.1 Å². The topological polar surface area (TPSA) is 55.6 Å². The van der Waals surface area contributed by atoms with Gasteiger partial charge in [-0.1, -0.05) is 18.2 Å². The van der Waals surface area contributed by atoms with Gasteiger partial charge in [0.15, 0.2) is 0 Å². The van der Waals surface area contributed by atoms with Crippen molar-refractivity contribution >= 4 is 5.91 Å². The molecule has 2 aliphatic rings. The van der Waals surface area contributed by atoms with E-state index < -0.39 is 0 Å². The van der Waals surface area contributed by atoms with Crippen LogP contribution in [0.25, 0.3) is 0 Å². The first-order valence-corrected chi connectivity index (χ1v) is 7.97. The lowest BCUT2D eigenvalue weighted by atomic mass is 9.91. The maximum absolute atomic E-state index is 12.7. The van der Waals surface area contributed by atoms with E-state index >= 15 is 0 Å². The molecule has 0 saturated carbocycles. The van der Waals surface area contributed by atoms with Gasteiger partial charge >= 0.3 is 0 Å². The summed E-state index contributed by atoms with van der Waals surface area (Å²) in [6.07, 6.45) is 4.12. The van der Waals surface area contributed by atoms with Gasteiger partial charge in [0.2, 0.25) is 5.91 Å². The molecule has 2 aliphatic heterocycles. The SMILES string of the molecule is NCCC1CCCN(C(=O)C2COc3ccccc3C2)C1. The predicted octanol–water partition coefficient (Wildman–Crippen LogP) is 1.83. The number of amides is 1. The number of carbonyl (C=O) groups excluding carboxylic acids is 1. The molecule has 0 radical (unpaired) electrons. The maximum Gasteiger partial charge on any atom is 0.229 e. The van der Waals surface area contributed by atoms with Crippen LogP contribution in [0.4, 0.5) is 0 Å². The molecule has 0 aromatic heterocycles. The number of benzene rings is 1. The van der Waals surface area contributed by atoms with Crippen LogP contribution in [0.5, 0.6) is 5.75 Å². The minimum Gasteiger partial charge on any atom is -0.492 e. The minimum atomic E-state index is -0.0310. The molecule has 1 aromatic rings. The molecule has 3 rings (SSSR count). The van der Waals surface area contributed by atoms with Gasteiger partial charge in [0.1, 0.15) is 12.4 Å². The lowest BCUT2D eigenvalue weighted by Crippen LogP contribution is -2.46. The number of hydrogen-bond donors (Lipinski definition) is 1. The molecule has 4 nitrogen and oxygen atoms in total. The van der Waals surface area contributed by atoms with Crippen LogP contribution in [0.3, 0.4) is 0 Å². The van der Waals surface area contributed by atoms with Crippen LogP contribution in [-0.2, 0) is 11.2 Å². The van der Waals surface area contributed by atoms with Crippen LogP contribution in [0, 0.1) is 11.8 Å². The van der Waals surface area contributed by atoms with Crippen LogP contribution in [0.1, 0.15) is 24.8 Å². The van der Waals surface area contributed by atoms with Crippen molar-refractivity contribution in [2.24, 2.45) is 17.6 Å². The zero-order chi connectivity index (χ0) is 14.7. The number of para-hydroxylation sites is 1. The molecule has 2 N–H and O–H groups in total. The molecule has 0 bridgehead atoms. The molecule has 2 heterocycles. The molecule has 0 spiro atoms. The highest BCUT2D eigenvalue weighted by Gasteiger charge is 2.31. The number of piperidine rings is 1. The van der Waals surface area contributed by atoms with E-state index in [4.69, 9.17) is 10.5 Å². The monoisotopic (exact) mass is 288 g/mol. The third-order valence-electron chi connectivity index (χ3n) is 4.63. The lowest BCUT2D eigenvalue weighted by molar-refractivity contribution is -0.138. The molecule has 21 heavy (non-hydrogen) atoms. The number of fused-ring (bicyclic) bond motifs is 1. The fraction of sp³-hybridized carbons (Fsp3) is 0.588. The second kappa shape index (κ2) is 6.48. The number of nitrogens with two attached hydrogens (primary N) is 1. The summed E-state index contributed by atoms with van der Waals surface area (Å²) in [7, 11) is 0. The number of rotatable bonds is 3. The van der Waals surface area contributed by atoms with E-state index in [9.17, 15) is 4.79 Å². The maximum atomic E-state index is 12.7. The molecule has 1 amide bonds. The molecule has 0 aliphatic carbocycles. The number of likely N-dealkylation sites (tertiary alicyclic amines) is 1. The van der Waals surface area contributed by atoms with Crippen molar-refractivity contribution in [1.82, 2.24) is 4.90 Å². The Balaban J connectivity index is 1.63. The van der Waals surface area contributed by atoms with Crippen LogP contribution >= 0.6 is 0 Å². The Kier molecular flexibility index (Phi) is 4.44. The zero-order valence-electron chi connectivity index (χ0n) is 12.5. The molecule has 4 heteroatoms. The fourth-order valence-electron chi connectivity index (χ4n) is 3.48. The van der Waals surface area contributed by atoms with Gasteiger partial charge in [-0.05, 0) is 49.8 Å². The molecule has 1 fully saturated rings. The Bertz CT molecular complexity index is 501. The average Bonchev–Trinajstić information content (AvgIpc) is 2.54. The highest BCUT2D eigenvalue weighted by Crippen LogP contribution is 2.29. The summed E-state index contributed by atoms with van der Waals surface area (Å²) in [5.74, 6) is 1.73. The number of hydrogen-bond acceptors (Lipinski definition) is 3. The third kappa shape index (κ3) is 3.21. The summed E-state index contributed by atoms with van der Waals surface area (Å²) in [5, 5.41) is 0. The van der Waals surface area contributed by atoms with E-state index in [-0.39, 0.29) is 11.8 Å². The van der Waals surface area contributed by atoms with E-state index in [0.29, 0.717) is 19.1 Å². The van der Waals surface area contributed by atoms with E-state index in [1.807, 2.05) is 23.1 Å². The van der Waals surface area contributed by atoms with Gasteiger partial charge in [-0.2, -0.15) is 0 Å². The summed E-state index contributed by atoms with van der Waals surface area (Å²) in [5.41, 5.74) is 6.80. The first-order chi connectivity index (χ1) is 10.3. The molecule has 1 aromatic carbocycles. The normalized spacial score (nSPS) is 25.1. The quantitative estimate of drug-likeness (QED) is 0.923. The van der Waals surface area contributed by atoms with E-state index in [1.165, 1.54) is 6.42 Å². The first-order valence-electron chi connectivity index (χ1n) is 7.97. The standard InChI is InChI=1S/C17H24N2O2/c18-8-7-13-4-3-9-19(11-13)17(20)15-10-14-5-1-2-6-16(14)21-12-15/h1-2,5-6,13,15H,3-4,7-12,18H2. The number of ether oxygens (including phenoxy) is 1. The first kappa shape index (κ1) is 14.4. The zero-order valence-corrected chi connectivity index (χ0v) is 12.5. The summed E-state index contributed by atoms with van der Waals surface area (Å²) < 4.78 is 5.75. The summed E-state index contributed by atoms with van der Waals surface area (Å²) >= 11 is 0. The smallest absolute Gasteiger partial charge is 0.229 e. The van der Waals surface area contributed by atoms with E-state index in [0.717, 1.165) is 43.7 Å². The molecule has 114 valence electrons. The van der Waals surface area contributed by atoms with Crippen molar-refractivity contribution in [1.29, 1.82) is 0 Å². The van der Waals surface area contributed by atoms with Crippen LogP contribution in [0.15, 0.2) is 24.3 Å². The van der Waals surface area contributed by atoms with Crippen molar-refractivity contribution in [3.8, 4) is 5.75 Å². The van der Waals surface area contributed by atoms with Crippen molar-refractivity contribution in [2.45, 2.75) is 25.7 Å². The lowest BCUT2D eigenvalue weighted by Gasteiger charge is -2.36. The Hall–Kier alpha value is -1.55. The van der Waals surface area contributed by atoms with Crippen molar-refractivity contribution in [3.63, 3.8) is 0 Å². The van der Waals surface area contributed by atoms with Gasteiger partial charge < -0.3 is 15.4 Å². The average molecular weight is 288 g/mol. The summed E-state index contributed by atoms with van der Waals surface area (Å²) in [4.78, 5) is 14.8.